The molecule has 160 valence electrons. The van der Waals surface area contributed by atoms with Gasteiger partial charge in [0.25, 0.3) is 5.91 Å². The van der Waals surface area contributed by atoms with Crippen molar-refractivity contribution in [3.63, 3.8) is 0 Å². The van der Waals surface area contributed by atoms with Gasteiger partial charge < -0.3 is 19.3 Å². The molecule has 0 saturated heterocycles. The minimum atomic E-state index is -0.635. The third-order valence-electron chi connectivity index (χ3n) is 5.47. The Morgan fingerprint density at radius 1 is 1.17 bits per heavy atom. The van der Waals surface area contributed by atoms with E-state index in [2.05, 4.69) is 41.3 Å². The van der Waals surface area contributed by atoms with Crippen LogP contribution in [0.3, 0.4) is 0 Å². The molecule has 7 heteroatoms. The van der Waals surface area contributed by atoms with Crippen molar-refractivity contribution in [2.24, 2.45) is 0 Å². The maximum atomic E-state index is 13.2. The Balaban J connectivity index is 1.94. The largest absolute Gasteiger partial charge is 0.503 e. The number of aliphatic hydroxyl groups is 1. The summed E-state index contributed by atoms with van der Waals surface area (Å²) in [5, 5.41) is 10.7. The van der Waals surface area contributed by atoms with E-state index in [0.717, 1.165) is 35.2 Å². The van der Waals surface area contributed by atoms with Crippen LogP contribution in [-0.4, -0.2) is 52.8 Å². The molecule has 1 aliphatic heterocycles. The standard InChI is InChI=1S/C23H27IN2O4/c1-4-25(5-2)13-6-14-26-20(16-8-10-17(24)11-9-16)19(22(28)23(26)29)21(27)18-12-7-15(3)30-18/h7-12,20,28H,4-6,13-14H2,1-3H3. The van der Waals surface area contributed by atoms with Gasteiger partial charge in [-0.15, -0.1) is 0 Å². The first kappa shape index (κ1) is 22.6. The number of nitrogens with zero attached hydrogens (tertiary/aromatic N) is 2. The quantitative estimate of drug-likeness (QED) is 0.388. The molecule has 0 radical (unpaired) electrons. The molecule has 30 heavy (non-hydrogen) atoms. The van der Waals surface area contributed by atoms with Crippen LogP contribution in [-0.2, 0) is 4.79 Å². The van der Waals surface area contributed by atoms with Crippen LogP contribution in [0.4, 0.5) is 0 Å². The number of hydrogen-bond donors (Lipinski definition) is 1. The van der Waals surface area contributed by atoms with Gasteiger partial charge in [-0.3, -0.25) is 9.59 Å². The second-order valence-electron chi connectivity index (χ2n) is 7.33. The summed E-state index contributed by atoms with van der Waals surface area (Å²) in [5.74, 6) is -0.721. The highest BCUT2D eigenvalue weighted by molar-refractivity contribution is 14.1. The maximum Gasteiger partial charge on any atom is 0.290 e. The van der Waals surface area contributed by atoms with E-state index >= 15 is 0 Å². The fourth-order valence-corrected chi connectivity index (χ4v) is 4.16. The van der Waals surface area contributed by atoms with Gasteiger partial charge in [0.05, 0.1) is 11.6 Å². The molecule has 2 heterocycles. The lowest BCUT2D eigenvalue weighted by atomic mass is 9.95. The Labute approximate surface area is 190 Å². The van der Waals surface area contributed by atoms with Crippen molar-refractivity contribution in [1.29, 1.82) is 0 Å². The molecule has 1 aromatic carbocycles. The normalized spacial score (nSPS) is 16.8. The lowest BCUT2D eigenvalue weighted by Gasteiger charge is -2.28. The highest BCUT2D eigenvalue weighted by Gasteiger charge is 2.44. The SMILES string of the molecule is CCN(CC)CCCN1C(=O)C(O)=C(C(=O)c2ccc(C)o2)C1c1ccc(I)cc1. The van der Waals surface area contributed by atoms with Crippen LogP contribution < -0.4 is 0 Å². The second-order valence-corrected chi connectivity index (χ2v) is 8.58. The van der Waals surface area contributed by atoms with E-state index in [0.29, 0.717) is 12.3 Å². The molecule has 6 nitrogen and oxygen atoms in total. The molecular formula is C23H27IN2O4. The number of aliphatic hydroxyl groups excluding tert-OH is 1. The number of ketones is 1. The number of carbonyl (C=O) groups is 2. The first-order valence-electron chi connectivity index (χ1n) is 10.2. The monoisotopic (exact) mass is 522 g/mol. The van der Waals surface area contributed by atoms with Gasteiger partial charge in [-0.1, -0.05) is 26.0 Å². The van der Waals surface area contributed by atoms with Gasteiger partial charge in [-0.05, 0) is 85.4 Å². The van der Waals surface area contributed by atoms with Crippen molar-refractivity contribution in [3.05, 3.63) is 68.4 Å². The summed E-state index contributed by atoms with van der Waals surface area (Å²) in [6, 6.07) is 10.3. The van der Waals surface area contributed by atoms with E-state index in [1.807, 2.05) is 24.3 Å². The van der Waals surface area contributed by atoms with Gasteiger partial charge in [-0.25, -0.2) is 0 Å². The van der Waals surface area contributed by atoms with Crippen LogP contribution in [0.5, 0.6) is 0 Å². The summed E-state index contributed by atoms with van der Waals surface area (Å²) in [6.45, 7) is 9.14. The molecule has 0 bridgehead atoms. The van der Waals surface area contributed by atoms with E-state index in [4.69, 9.17) is 4.42 Å². The van der Waals surface area contributed by atoms with Crippen molar-refractivity contribution in [1.82, 2.24) is 9.80 Å². The molecule has 2 aromatic rings. The lowest BCUT2D eigenvalue weighted by Crippen LogP contribution is -2.34. The van der Waals surface area contributed by atoms with E-state index in [-0.39, 0.29) is 11.3 Å². The predicted molar refractivity (Wildman–Crippen MR) is 123 cm³/mol. The highest BCUT2D eigenvalue weighted by Crippen LogP contribution is 2.39. The van der Waals surface area contributed by atoms with Crippen LogP contribution in [0.15, 0.2) is 52.1 Å². The molecule has 1 N–H and O–H groups in total. The Kier molecular flexibility index (Phi) is 7.36. The number of benzene rings is 1. The second kappa shape index (κ2) is 9.78. The molecule has 3 rings (SSSR count). The number of aryl methyl sites for hydroxylation is 1. The minimum absolute atomic E-state index is 0.0818. The number of furan rings is 1. The molecule has 0 fully saturated rings. The third-order valence-corrected chi connectivity index (χ3v) is 6.19. The average Bonchev–Trinajstić information content (AvgIpc) is 3.28. The Morgan fingerprint density at radius 2 is 1.83 bits per heavy atom. The third kappa shape index (κ3) is 4.62. The van der Waals surface area contributed by atoms with Crippen LogP contribution in [0.2, 0.25) is 0 Å². The van der Waals surface area contributed by atoms with Crippen LogP contribution in [0.1, 0.15) is 48.2 Å². The number of hydrogen-bond acceptors (Lipinski definition) is 5. The van der Waals surface area contributed by atoms with Crippen molar-refractivity contribution in [2.45, 2.75) is 33.2 Å². The minimum Gasteiger partial charge on any atom is -0.503 e. The Hall–Kier alpha value is -2.13. The molecule has 1 atom stereocenters. The zero-order valence-corrected chi connectivity index (χ0v) is 19.7. The first-order chi connectivity index (χ1) is 14.4. The molecule has 0 saturated carbocycles. The van der Waals surface area contributed by atoms with Crippen molar-refractivity contribution >= 4 is 34.3 Å². The number of rotatable bonds is 9. The van der Waals surface area contributed by atoms with Crippen molar-refractivity contribution in [2.75, 3.05) is 26.2 Å². The summed E-state index contributed by atoms with van der Waals surface area (Å²) in [6.07, 6.45) is 0.753. The summed E-state index contributed by atoms with van der Waals surface area (Å²) in [4.78, 5) is 30.0. The predicted octanol–water partition coefficient (Wildman–Crippen LogP) is 4.50. The van der Waals surface area contributed by atoms with Gasteiger partial charge in [0, 0.05) is 10.1 Å². The smallest absolute Gasteiger partial charge is 0.290 e. The number of halogens is 1. The van der Waals surface area contributed by atoms with Crippen molar-refractivity contribution in [3.8, 4) is 0 Å². The van der Waals surface area contributed by atoms with Crippen molar-refractivity contribution < 1.29 is 19.1 Å². The van der Waals surface area contributed by atoms with Gasteiger partial charge in [0.2, 0.25) is 5.78 Å². The summed E-state index contributed by atoms with van der Waals surface area (Å²) in [7, 11) is 0. The molecular weight excluding hydrogens is 495 g/mol. The Bertz CT molecular complexity index is 944. The number of amides is 1. The molecule has 1 unspecified atom stereocenters. The highest BCUT2D eigenvalue weighted by atomic mass is 127. The van der Waals surface area contributed by atoms with Gasteiger partial charge in [-0.2, -0.15) is 0 Å². The molecule has 1 aliphatic rings. The zero-order valence-electron chi connectivity index (χ0n) is 17.5. The summed E-state index contributed by atoms with van der Waals surface area (Å²) in [5.41, 5.74) is 0.876. The fourth-order valence-electron chi connectivity index (χ4n) is 3.80. The number of carbonyl (C=O) groups excluding carboxylic acids is 2. The first-order valence-corrected chi connectivity index (χ1v) is 11.3. The van der Waals surface area contributed by atoms with Gasteiger partial charge in [0.1, 0.15) is 5.76 Å². The summed E-state index contributed by atoms with van der Waals surface area (Å²) < 4.78 is 6.54. The number of Topliss-reactive ketones (excluding diaryl/α,β-unsaturated/α-hetero) is 1. The van der Waals surface area contributed by atoms with E-state index in [1.165, 1.54) is 0 Å². The topological polar surface area (TPSA) is 74.0 Å². The molecule has 1 amide bonds. The van der Waals surface area contributed by atoms with Gasteiger partial charge >= 0.3 is 0 Å². The summed E-state index contributed by atoms with van der Waals surface area (Å²) >= 11 is 2.21. The molecule has 1 aromatic heterocycles. The average molecular weight is 522 g/mol. The maximum absolute atomic E-state index is 13.2. The van der Waals surface area contributed by atoms with Crippen LogP contribution >= 0.6 is 22.6 Å². The molecule has 0 spiro atoms. The van der Waals surface area contributed by atoms with E-state index in [1.54, 1.807) is 24.0 Å². The molecule has 0 aliphatic carbocycles. The lowest BCUT2D eigenvalue weighted by molar-refractivity contribution is -0.129. The Morgan fingerprint density at radius 3 is 2.40 bits per heavy atom. The van der Waals surface area contributed by atoms with E-state index in [9.17, 15) is 14.7 Å². The van der Waals surface area contributed by atoms with Crippen LogP contribution in [0, 0.1) is 10.5 Å². The van der Waals surface area contributed by atoms with Gasteiger partial charge in [0.15, 0.2) is 11.5 Å². The van der Waals surface area contributed by atoms with E-state index < -0.39 is 23.5 Å². The fraction of sp³-hybridized carbons (Fsp3) is 0.391. The van der Waals surface area contributed by atoms with Crippen LogP contribution in [0.25, 0.3) is 0 Å². The zero-order chi connectivity index (χ0) is 21.8.